The molecule has 2 N–H and O–H groups in total. The summed E-state index contributed by atoms with van der Waals surface area (Å²) in [5, 5.41) is 5.79. The molecule has 0 radical (unpaired) electrons. The fraction of sp³-hybridized carbons (Fsp3) is 0.250. The van der Waals surface area contributed by atoms with E-state index in [-0.39, 0.29) is 23.6 Å². The minimum Gasteiger partial charge on any atom is -0.459 e. The summed E-state index contributed by atoms with van der Waals surface area (Å²) in [6, 6.07) is 20.4. The highest BCUT2D eigenvalue weighted by atomic mass is 16.3. The topological polar surface area (TPSA) is 74.6 Å². The first-order chi connectivity index (χ1) is 14.6. The van der Waals surface area contributed by atoms with E-state index in [0.717, 1.165) is 13.1 Å². The third kappa shape index (κ3) is 5.36. The normalized spacial score (nSPS) is 11.8. The first-order valence-electron chi connectivity index (χ1n) is 10.1. The number of rotatable bonds is 9. The molecule has 2 aromatic carbocycles. The van der Waals surface area contributed by atoms with Crippen molar-refractivity contribution in [1.29, 1.82) is 0 Å². The highest BCUT2D eigenvalue weighted by Gasteiger charge is 2.19. The molecule has 0 bridgehead atoms. The molecule has 3 aromatic rings. The first-order valence-corrected chi connectivity index (χ1v) is 10.1. The average molecular weight is 405 g/mol. The third-order valence-corrected chi connectivity index (χ3v) is 5.04. The van der Waals surface area contributed by atoms with Gasteiger partial charge in [0.25, 0.3) is 11.8 Å². The molecule has 0 aliphatic rings. The Bertz CT molecular complexity index is 934. The average Bonchev–Trinajstić information content (AvgIpc) is 3.33. The van der Waals surface area contributed by atoms with E-state index < -0.39 is 0 Å². The lowest BCUT2D eigenvalue weighted by Crippen LogP contribution is -2.38. The Balaban J connectivity index is 1.62. The van der Waals surface area contributed by atoms with Crippen molar-refractivity contribution in [2.24, 2.45) is 0 Å². The van der Waals surface area contributed by atoms with Gasteiger partial charge in [-0.1, -0.05) is 44.2 Å². The lowest BCUT2D eigenvalue weighted by Gasteiger charge is -2.30. The number of amides is 2. The molecule has 1 unspecified atom stereocenters. The lowest BCUT2D eigenvalue weighted by atomic mass is 10.0. The molecule has 6 nitrogen and oxygen atoms in total. The summed E-state index contributed by atoms with van der Waals surface area (Å²) in [5.41, 5.74) is 2.31. The first kappa shape index (κ1) is 21.3. The van der Waals surface area contributed by atoms with Gasteiger partial charge < -0.3 is 15.1 Å². The molecule has 156 valence electrons. The Kier molecular flexibility index (Phi) is 7.40. The molecule has 0 aliphatic heterocycles. The van der Waals surface area contributed by atoms with E-state index in [1.165, 1.54) is 11.8 Å². The molecule has 30 heavy (non-hydrogen) atoms. The van der Waals surface area contributed by atoms with Gasteiger partial charge in [0.1, 0.15) is 0 Å². The van der Waals surface area contributed by atoms with Crippen LogP contribution in [0.5, 0.6) is 0 Å². The molecule has 1 atom stereocenters. The number of likely N-dealkylation sites (N-methyl/N-ethyl adjacent to an activating group) is 1. The maximum atomic E-state index is 12.7. The largest absolute Gasteiger partial charge is 0.459 e. The van der Waals surface area contributed by atoms with Gasteiger partial charge in [0.05, 0.1) is 12.3 Å². The maximum Gasteiger partial charge on any atom is 0.291 e. The molecule has 2 amide bonds. The highest BCUT2D eigenvalue weighted by Crippen LogP contribution is 2.20. The van der Waals surface area contributed by atoms with Crippen molar-refractivity contribution in [1.82, 2.24) is 10.2 Å². The summed E-state index contributed by atoms with van der Waals surface area (Å²) < 4.78 is 5.08. The maximum absolute atomic E-state index is 12.7. The lowest BCUT2D eigenvalue weighted by molar-refractivity contribution is 0.0934. The summed E-state index contributed by atoms with van der Waals surface area (Å²) in [5.74, 6) is -0.241. The zero-order valence-corrected chi connectivity index (χ0v) is 17.3. The second-order valence-electron chi connectivity index (χ2n) is 6.87. The predicted molar refractivity (Wildman–Crippen MR) is 118 cm³/mol. The number of hydrogen-bond acceptors (Lipinski definition) is 4. The smallest absolute Gasteiger partial charge is 0.291 e. The molecule has 0 spiro atoms. The van der Waals surface area contributed by atoms with Crippen molar-refractivity contribution in [2.45, 2.75) is 19.9 Å². The molecule has 1 aromatic heterocycles. The summed E-state index contributed by atoms with van der Waals surface area (Å²) in [6.07, 6.45) is 1.45. The quantitative estimate of drug-likeness (QED) is 0.555. The van der Waals surface area contributed by atoms with Gasteiger partial charge in [0.15, 0.2) is 5.76 Å². The fourth-order valence-electron chi connectivity index (χ4n) is 3.39. The fourth-order valence-corrected chi connectivity index (χ4v) is 3.39. The highest BCUT2D eigenvalue weighted by molar-refractivity contribution is 6.02. The van der Waals surface area contributed by atoms with E-state index in [9.17, 15) is 9.59 Å². The zero-order chi connectivity index (χ0) is 21.3. The van der Waals surface area contributed by atoms with Gasteiger partial charge >= 0.3 is 0 Å². The molecule has 0 saturated carbocycles. The zero-order valence-electron chi connectivity index (χ0n) is 17.3. The monoisotopic (exact) mass is 405 g/mol. The van der Waals surface area contributed by atoms with Crippen molar-refractivity contribution < 1.29 is 14.0 Å². The van der Waals surface area contributed by atoms with Gasteiger partial charge in [0, 0.05) is 17.8 Å². The summed E-state index contributed by atoms with van der Waals surface area (Å²) in [6.45, 7) is 6.56. The van der Waals surface area contributed by atoms with E-state index in [1.807, 2.05) is 18.2 Å². The van der Waals surface area contributed by atoms with E-state index >= 15 is 0 Å². The number of anilines is 1. The Labute approximate surface area is 176 Å². The Morgan fingerprint density at radius 1 is 0.900 bits per heavy atom. The van der Waals surface area contributed by atoms with Gasteiger partial charge in [-0.15, -0.1) is 0 Å². The standard InChI is InChI=1S/C24H27N3O3/c1-3-27(4-2)21(18-9-6-5-7-10-18)17-25-23(28)19-12-14-20(15-13-19)26-24(29)22-11-8-16-30-22/h5-16,21H,3-4,17H2,1-2H3,(H,25,28)(H,26,29). The number of benzene rings is 2. The van der Waals surface area contributed by atoms with E-state index in [2.05, 4.69) is 41.5 Å². The molecule has 0 saturated heterocycles. The molecule has 0 aliphatic carbocycles. The predicted octanol–water partition coefficient (Wildman–Crippen LogP) is 4.34. The van der Waals surface area contributed by atoms with E-state index in [0.29, 0.717) is 17.8 Å². The van der Waals surface area contributed by atoms with Crippen LogP contribution >= 0.6 is 0 Å². The van der Waals surface area contributed by atoms with Crippen LogP contribution < -0.4 is 10.6 Å². The van der Waals surface area contributed by atoms with Crippen LogP contribution in [0, 0.1) is 0 Å². The minimum absolute atomic E-state index is 0.108. The van der Waals surface area contributed by atoms with Crippen LogP contribution in [-0.2, 0) is 0 Å². The Morgan fingerprint density at radius 3 is 2.20 bits per heavy atom. The second kappa shape index (κ2) is 10.4. The minimum atomic E-state index is -0.331. The van der Waals surface area contributed by atoms with Crippen LogP contribution in [0.3, 0.4) is 0 Å². The number of furan rings is 1. The van der Waals surface area contributed by atoms with Crippen molar-refractivity contribution in [2.75, 3.05) is 25.0 Å². The van der Waals surface area contributed by atoms with Crippen LogP contribution in [-0.4, -0.2) is 36.3 Å². The van der Waals surface area contributed by atoms with Crippen molar-refractivity contribution >= 4 is 17.5 Å². The van der Waals surface area contributed by atoms with Crippen molar-refractivity contribution in [3.05, 3.63) is 89.9 Å². The molecule has 1 heterocycles. The van der Waals surface area contributed by atoms with Crippen LogP contribution in [0.25, 0.3) is 0 Å². The van der Waals surface area contributed by atoms with E-state index in [1.54, 1.807) is 36.4 Å². The Hall–Kier alpha value is -3.38. The van der Waals surface area contributed by atoms with Crippen LogP contribution in [0.4, 0.5) is 5.69 Å². The van der Waals surface area contributed by atoms with Gasteiger partial charge in [-0.2, -0.15) is 0 Å². The summed E-state index contributed by atoms with van der Waals surface area (Å²) in [7, 11) is 0. The van der Waals surface area contributed by atoms with Gasteiger partial charge in [0.2, 0.25) is 0 Å². The summed E-state index contributed by atoms with van der Waals surface area (Å²) >= 11 is 0. The van der Waals surface area contributed by atoms with Crippen molar-refractivity contribution in [3.8, 4) is 0 Å². The van der Waals surface area contributed by atoms with E-state index in [4.69, 9.17) is 4.42 Å². The Morgan fingerprint density at radius 2 is 1.60 bits per heavy atom. The molecule has 0 fully saturated rings. The van der Waals surface area contributed by atoms with Gasteiger partial charge in [-0.3, -0.25) is 14.5 Å². The molecular weight excluding hydrogens is 378 g/mol. The second-order valence-corrected chi connectivity index (χ2v) is 6.87. The number of carbonyl (C=O) groups excluding carboxylic acids is 2. The number of hydrogen-bond donors (Lipinski definition) is 2. The van der Waals surface area contributed by atoms with Gasteiger partial charge in [-0.25, -0.2) is 0 Å². The molecule has 3 rings (SSSR count). The number of nitrogens with one attached hydrogen (secondary N) is 2. The number of nitrogens with zero attached hydrogens (tertiary/aromatic N) is 1. The molecule has 6 heteroatoms. The van der Waals surface area contributed by atoms with Crippen LogP contribution in [0.15, 0.2) is 77.4 Å². The number of carbonyl (C=O) groups is 2. The van der Waals surface area contributed by atoms with Gasteiger partial charge in [-0.05, 0) is 55.1 Å². The van der Waals surface area contributed by atoms with Crippen LogP contribution in [0.1, 0.15) is 46.4 Å². The van der Waals surface area contributed by atoms with Crippen molar-refractivity contribution in [3.63, 3.8) is 0 Å². The summed E-state index contributed by atoms with van der Waals surface area (Å²) in [4.78, 5) is 27.0. The van der Waals surface area contributed by atoms with Crippen LogP contribution in [0.2, 0.25) is 0 Å². The third-order valence-electron chi connectivity index (χ3n) is 5.04. The SMILES string of the molecule is CCN(CC)C(CNC(=O)c1ccc(NC(=O)c2ccco2)cc1)c1ccccc1. The molecular formula is C24H27N3O3.